The number of cyclic esters (lactones) is 2. The van der Waals surface area contributed by atoms with Gasteiger partial charge in [-0.05, 0) is 19.3 Å². The highest BCUT2D eigenvalue weighted by atomic mass is 16.6. The molecular formula is C10H14O3. The molecule has 3 nitrogen and oxygen atoms in total. The Morgan fingerprint density at radius 2 is 2.15 bits per heavy atom. The highest BCUT2D eigenvalue weighted by Crippen LogP contribution is 2.42. The van der Waals surface area contributed by atoms with Gasteiger partial charge in [0.05, 0.1) is 11.8 Å². The van der Waals surface area contributed by atoms with Crippen LogP contribution in [0.1, 0.15) is 39.0 Å². The van der Waals surface area contributed by atoms with Crippen LogP contribution in [0.2, 0.25) is 0 Å². The summed E-state index contributed by atoms with van der Waals surface area (Å²) in [4.78, 5) is 22.3. The molecule has 2 aliphatic rings. The molecule has 1 unspecified atom stereocenters. The summed E-state index contributed by atoms with van der Waals surface area (Å²) in [5, 5.41) is 0. The number of hydrogen-bond acceptors (Lipinski definition) is 3. The maximum Gasteiger partial charge on any atom is 0.320 e. The van der Waals surface area contributed by atoms with Gasteiger partial charge >= 0.3 is 11.9 Å². The molecule has 1 heterocycles. The van der Waals surface area contributed by atoms with Crippen molar-refractivity contribution in [1.82, 2.24) is 0 Å². The third kappa shape index (κ3) is 1.47. The summed E-state index contributed by atoms with van der Waals surface area (Å²) in [5.41, 5.74) is -0.512. The molecule has 1 aliphatic heterocycles. The van der Waals surface area contributed by atoms with Gasteiger partial charge in [0, 0.05) is 0 Å². The minimum absolute atomic E-state index is 0.280. The van der Waals surface area contributed by atoms with E-state index in [0.717, 1.165) is 6.42 Å². The third-order valence-electron chi connectivity index (χ3n) is 3.20. The predicted molar refractivity (Wildman–Crippen MR) is 45.8 cm³/mol. The van der Waals surface area contributed by atoms with Crippen molar-refractivity contribution < 1.29 is 14.3 Å². The van der Waals surface area contributed by atoms with Crippen LogP contribution in [0.3, 0.4) is 0 Å². The zero-order valence-electron chi connectivity index (χ0n) is 7.84. The zero-order chi connectivity index (χ0) is 9.47. The van der Waals surface area contributed by atoms with E-state index in [2.05, 4.69) is 4.74 Å². The molecule has 72 valence electrons. The lowest BCUT2D eigenvalue weighted by atomic mass is 9.72. The van der Waals surface area contributed by atoms with E-state index in [9.17, 15) is 9.59 Å². The van der Waals surface area contributed by atoms with Crippen molar-refractivity contribution in [3.05, 3.63) is 0 Å². The molecule has 1 atom stereocenters. The molecule has 13 heavy (non-hydrogen) atoms. The Hall–Kier alpha value is -0.860. The zero-order valence-corrected chi connectivity index (χ0v) is 7.84. The molecule has 1 saturated heterocycles. The second-order valence-electron chi connectivity index (χ2n) is 4.50. The van der Waals surface area contributed by atoms with Crippen LogP contribution < -0.4 is 0 Å². The van der Waals surface area contributed by atoms with E-state index < -0.39 is 5.41 Å². The first-order valence-corrected chi connectivity index (χ1v) is 4.85. The summed E-state index contributed by atoms with van der Waals surface area (Å²) in [7, 11) is 0. The van der Waals surface area contributed by atoms with Crippen molar-refractivity contribution in [2.45, 2.75) is 39.0 Å². The normalized spacial score (nSPS) is 34.5. The molecular weight excluding hydrogens is 168 g/mol. The second-order valence-corrected chi connectivity index (χ2v) is 4.50. The number of hydrogen-bond donors (Lipinski definition) is 0. The minimum atomic E-state index is -0.512. The van der Waals surface area contributed by atoms with Gasteiger partial charge in [-0.2, -0.15) is 0 Å². The van der Waals surface area contributed by atoms with Gasteiger partial charge < -0.3 is 4.74 Å². The Kier molecular flexibility index (Phi) is 1.90. The Balaban J connectivity index is 2.01. The van der Waals surface area contributed by atoms with Crippen molar-refractivity contribution in [3.63, 3.8) is 0 Å². The minimum Gasteiger partial charge on any atom is -0.393 e. The van der Waals surface area contributed by atoms with E-state index in [1.54, 1.807) is 0 Å². The Morgan fingerprint density at radius 3 is 2.54 bits per heavy atom. The smallest absolute Gasteiger partial charge is 0.320 e. The second kappa shape index (κ2) is 2.82. The first-order valence-electron chi connectivity index (χ1n) is 4.85. The lowest BCUT2D eigenvalue weighted by Gasteiger charge is -2.31. The van der Waals surface area contributed by atoms with Crippen LogP contribution in [0.15, 0.2) is 0 Å². The number of carbonyl (C=O) groups excluding carboxylic acids is 2. The number of ether oxygens (including phenoxy) is 1. The van der Waals surface area contributed by atoms with Gasteiger partial charge in [0.1, 0.15) is 0 Å². The van der Waals surface area contributed by atoms with E-state index in [0.29, 0.717) is 5.92 Å². The molecule has 0 spiro atoms. The molecule has 2 rings (SSSR count). The van der Waals surface area contributed by atoms with Crippen molar-refractivity contribution in [2.75, 3.05) is 0 Å². The fraction of sp³-hybridized carbons (Fsp3) is 0.800. The van der Waals surface area contributed by atoms with Crippen LogP contribution in [0.25, 0.3) is 0 Å². The molecule has 0 aromatic carbocycles. The fourth-order valence-electron chi connectivity index (χ4n) is 2.14. The first-order chi connectivity index (χ1) is 6.10. The van der Waals surface area contributed by atoms with Gasteiger partial charge in [0.2, 0.25) is 0 Å². The summed E-state index contributed by atoms with van der Waals surface area (Å²) in [6, 6.07) is 0. The van der Waals surface area contributed by atoms with Crippen LogP contribution in [-0.2, 0) is 14.3 Å². The van der Waals surface area contributed by atoms with Crippen molar-refractivity contribution >= 4 is 11.9 Å². The van der Waals surface area contributed by atoms with Gasteiger partial charge in [-0.15, -0.1) is 0 Å². The largest absolute Gasteiger partial charge is 0.393 e. The van der Waals surface area contributed by atoms with Crippen LogP contribution in [0.5, 0.6) is 0 Å². The molecule has 1 aliphatic carbocycles. The van der Waals surface area contributed by atoms with E-state index in [-0.39, 0.29) is 18.4 Å². The van der Waals surface area contributed by atoms with E-state index in [1.165, 1.54) is 19.3 Å². The standard InChI is InChI=1S/C10H14O3/c1-10(5-7-3-2-4-7)6-8(11)13-9(10)12/h7H,2-6H2,1H3. The van der Waals surface area contributed by atoms with Crippen LogP contribution >= 0.6 is 0 Å². The fourth-order valence-corrected chi connectivity index (χ4v) is 2.14. The Bertz CT molecular complexity index is 255. The van der Waals surface area contributed by atoms with E-state index in [1.807, 2.05) is 6.92 Å². The van der Waals surface area contributed by atoms with Crippen molar-refractivity contribution in [2.24, 2.45) is 11.3 Å². The topological polar surface area (TPSA) is 43.4 Å². The highest BCUT2D eigenvalue weighted by molar-refractivity contribution is 5.97. The monoisotopic (exact) mass is 182 g/mol. The molecule has 0 bridgehead atoms. The summed E-state index contributed by atoms with van der Waals surface area (Å²) in [5.74, 6) is -0.0281. The van der Waals surface area contributed by atoms with Crippen LogP contribution in [0.4, 0.5) is 0 Å². The third-order valence-corrected chi connectivity index (χ3v) is 3.20. The summed E-state index contributed by atoms with van der Waals surface area (Å²) in [6.07, 6.45) is 4.79. The molecule has 0 aromatic heterocycles. The Morgan fingerprint density at radius 1 is 1.46 bits per heavy atom. The van der Waals surface area contributed by atoms with Gasteiger partial charge in [0.25, 0.3) is 0 Å². The van der Waals surface area contributed by atoms with E-state index >= 15 is 0 Å². The van der Waals surface area contributed by atoms with Gasteiger partial charge in [-0.3, -0.25) is 9.59 Å². The maximum absolute atomic E-state index is 11.3. The van der Waals surface area contributed by atoms with Gasteiger partial charge in [0.15, 0.2) is 0 Å². The van der Waals surface area contributed by atoms with E-state index in [4.69, 9.17) is 0 Å². The first kappa shape index (κ1) is 8.73. The average Bonchev–Trinajstić information content (AvgIpc) is 2.19. The summed E-state index contributed by atoms with van der Waals surface area (Å²) < 4.78 is 4.57. The van der Waals surface area contributed by atoms with Crippen molar-refractivity contribution in [1.29, 1.82) is 0 Å². The molecule has 0 aromatic rings. The SMILES string of the molecule is CC1(CC2CCC2)CC(=O)OC1=O. The molecule has 2 fully saturated rings. The van der Waals surface area contributed by atoms with Crippen LogP contribution in [-0.4, -0.2) is 11.9 Å². The lowest BCUT2D eigenvalue weighted by molar-refractivity contribution is -0.155. The van der Waals surface area contributed by atoms with Gasteiger partial charge in [-0.25, -0.2) is 0 Å². The summed E-state index contributed by atoms with van der Waals surface area (Å²) in [6.45, 7) is 1.85. The van der Waals surface area contributed by atoms with Crippen LogP contribution in [0, 0.1) is 11.3 Å². The lowest BCUT2D eigenvalue weighted by Crippen LogP contribution is -2.28. The highest BCUT2D eigenvalue weighted by Gasteiger charge is 2.46. The summed E-state index contributed by atoms with van der Waals surface area (Å²) >= 11 is 0. The maximum atomic E-state index is 11.3. The van der Waals surface area contributed by atoms with Gasteiger partial charge in [-0.1, -0.05) is 19.3 Å². The van der Waals surface area contributed by atoms with Crippen molar-refractivity contribution in [3.8, 4) is 0 Å². The molecule has 0 amide bonds. The Labute approximate surface area is 77.4 Å². The molecule has 0 radical (unpaired) electrons. The number of rotatable bonds is 2. The molecule has 3 heteroatoms. The average molecular weight is 182 g/mol. The number of esters is 2. The quantitative estimate of drug-likeness (QED) is 0.482. The predicted octanol–water partition coefficient (Wildman–Crippen LogP) is 1.66. The number of carbonyl (C=O) groups is 2. The molecule has 1 saturated carbocycles. The molecule has 0 N–H and O–H groups in total.